The second kappa shape index (κ2) is 5.04. The molecule has 0 aromatic carbocycles. The fourth-order valence-electron chi connectivity index (χ4n) is 0.616. The molecular formula is C11H22OS. The molecule has 0 amide bonds. The summed E-state index contributed by atoms with van der Waals surface area (Å²) in [6.07, 6.45) is 0. The zero-order chi connectivity index (χ0) is 10.6. The number of hydrogen-bond donors (Lipinski definition) is 0. The molecule has 78 valence electrons. The zero-order valence-electron chi connectivity index (χ0n) is 9.68. The van der Waals surface area contributed by atoms with E-state index in [1.165, 1.54) is 0 Å². The van der Waals surface area contributed by atoms with E-state index in [0.29, 0.717) is 22.7 Å². The van der Waals surface area contributed by atoms with Gasteiger partial charge in [0.05, 0.1) is 5.75 Å². The molecule has 1 nitrogen and oxygen atoms in total. The van der Waals surface area contributed by atoms with Crippen molar-refractivity contribution in [3.8, 4) is 0 Å². The van der Waals surface area contributed by atoms with Gasteiger partial charge in [-0.25, -0.2) is 0 Å². The summed E-state index contributed by atoms with van der Waals surface area (Å²) in [6, 6.07) is 0. The van der Waals surface area contributed by atoms with E-state index < -0.39 is 0 Å². The predicted octanol–water partition coefficient (Wildman–Crippen LogP) is 3.38. The van der Waals surface area contributed by atoms with Gasteiger partial charge in [0.15, 0.2) is 0 Å². The molecule has 0 saturated carbocycles. The molecule has 1 atom stereocenters. The Labute approximate surface area is 86.7 Å². The highest BCUT2D eigenvalue weighted by molar-refractivity contribution is 8.00. The third kappa shape index (κ3) is 5.35. The second-order valence-electron chi connectivity index (χ2n) is 4.93. The van der Waals surface area contributed by atoms with Gasteiger partial charge >= 0.3 is 0 Å². The molecule has 0 aliphatic heterocycles. The Balaban J connectivity index is 3.84. The van der Waals surface area contributed by atoms with Gasteiger partial charge in [-0.15, -0.1) is 0 Å². The van der Waals surface area contributed by atoms with Crippen molar-refractivity contribution < 1.29 is 4.79 Å². The van der Waals surface area contributed by atoms with E-state index in [9.17, 15) is 4.79 Å². The summed E-state index contributed by atoms with van der Waals surface area (Å²) in [4.78, 5) is 11.6. The van der Waals surface area contributed by atoms with Crippen LogP contribution in [0.4, 0.5) is 0 Å². The topological polar surface area (TPSA) is 17.1 Å². The first-order chi connectivity index (χ1) is 5.75. The van der Waals surface area contributed by atoms with Crippen LogP contribution in [0.3, 0.4) is 0 Å². The van der Waals surface area contributed by atoms with Crippen LogP contribution in [-0.4, -0.2) is 16.8 Å². The molecule has 0 rings (SSSR count). The first-order valence-corrected chi connectivity index (χ1v) is 5.95. The minimum absolute atomic E-state index is 0.177. The van der Waals surface area contributed by atoms with Crippen molar-refractivity contribution in [1.29, 1.82) is 0 Å². The maximum absolute atomic E-state index is 11.6. The van der Waals surface area contributed by atoms with Gasteiger partial charge in [-0.3, -0.25) is 4.79 Å². The lowest BCUT2D eigenvalue weighted by molar-refractivity contribution is -0.123. The highest BCUT2D eigenvalue weighted by atomic mass is 32.2. The summed E-state index contributed by atoms with van der Waals surface area (Å²) in [7, 11) is 0. The van der Waals surface area contributed by atoms with Crippen molar-refractivity contribution in [2.75, 3.05) is 5.75 Å². The first kappa shape index (κ1) is 13.0. The highest BCUT2D eigenvalue weighted by Crippen LogP contribution is 2.23. The maximum Gasteiger partial charge on any atom is 0.148 e. The van der Waals surface area contributed by atoms with E-state index in [1.807, 2.05) is 20.8 Å². The summed E-state index contributed by atoms with van der Waals surface area (Å²) < 4.78 is 0. The van der Waals surface area contributed by atoms with Crippen molar-refractivity contribution >= 4 is 17.5 Å². The molecule has 0 aliphatic rings. The van der Waals surface area contributed by atoms with Gasteiger partial charge in [-0.05, 0) is 5.92 Å². The van der Waals surface area contributed by atoms with E-state index >= 15 is 0 Å². The van der Waals surface area contributed by atoms with Gasteiger partial charge < -0.3 is 0 Å². The molecule has 0 saturated heterocycles. The number of rotatable bonds is 4. The lowest BCUT2D eigenvalue weighted by Gasteiger charge is -2.19. The van der Waals surface area contributed by atoms with Gasteiger partial charge in [-0.2, -0.15) is 11.8 Å². The lowest BCUT2D eigenvalue weighted by atomic mass is 9.92. The van der Waals surface area contributed by atoms with Crippen molar-refractivity contribution in [3.63, 3.8) is 0 Å². The van der Waals surface area contributed by atoms with E-state index in [0.717, 1.165) is 0 Å². The van der Waals surface area contributed by atoms with Gasteiger partial charge in [0.2, 0.25) is 0 Å². The Hall–Kier alpha value is 0.0200. The average molecular weight is 202 g/mol. The van der Waals surface area contributed by atoms with E-state index in [4.69, 9.17) is 0 Å². The first-order valence-electron chi connectivity index (χ1n) is 4.90. The van der Waals surface area contributed by atoms with E-state index in [2.05, 4.69) is 20.8 Å². The van der Waals surface area contributed by atoms with Crippen LogP contribution in [-0.2, 0) is 4.79 Å². The van der Waals surface area contributed by atoms with Crippen molar-refractivity contribution in [1.82, 2.24) is 0 Å². The fourth-order valence-corrected chi connectivity index (χ4v) is 1.85. The van der Waals surface area contributed by atoms with Crippen LogP contribution in [0.2, 0.25) is 0 Å². The van der Waals surface area contributed by atoms with Crippen molar-refractivity contribution in [3.05, 3.63) is 0 Å². The molecule has 1 unspecified atom stereocenters. The van der Waals surface area contributed by atoms with Crippen LogP contribution in [0.5, 0.6) is 0 Å². The van der Waals surface area contributed by atoms with Crippen molar-refractivity contribution in [2.24, 2.45) is 11.3 Å². The molecule has 0 heterocycles. The summed E-state index contributed by atoms with van der Waals surface area (Å²) in [5.74, 6) is 1.66. The largest absolute Gasteiger partial charge is 0.298 e. The smallest absolute Gasteiger partial charge is 0.148 e. The summed E-state index contributed by atoms with van der Waals surface area (Å²) in [6.45, 7) is 12.5. The molecule has 0 fully saturated rings. The standard InChI is InChI=1S/C11H22OS/c1-8(2)9(3)13-7-10(12)11(4,5)6/h8-9H,7H2,1-6H3. The minimum Gasteiger partial charge on any atom is -0.298 e. The minimum atomic E-state index is -0.177. The van der Waals surface area contributed by atoms with Gasteiger partial charge in [0.25, 0.3) is 0 Å². The Morgan fingerprint density at radius 1 is 1.23 bits per heavy atom. The van der Waals surface area contributed by atoms with Crippen LogP contribution in [0.1, 0.15) is 41.5 Å². The maximum atomic E-state index is 11.6. The van der Waals surface area contributed by atoms with Crippen molar-refractivity contribution in [2.45, 2.75) is 46.8 Å². The molecule has 0 aromatic heterocycles. The third-order valence-corrected chi connectivity index (χ3v) is 3.75. The molecule has 0 radical (unpaired) electrons. The van der Waals surface area contributed by atoms with Gasteiger partial charge in [-0.1, -0.05) is 41.5 Å². The van der Waals surface area contributed by atoms with E-state index in [-0.39, 0.29) is 5.41 Å². The van der Waals surface area contributed by atoms with Gasteiger partial charge in [0.1, 0.15) is 5.78 Å². The number of Topliss-reactive ketones (excluding diaryl/α,β-unsaturated/α-hetero) is 1. The molecule has 2 heteroatoms. The molecule has 0 aromatic rings. The highest BCUT2D eigenvalue weighted by Gasteiger charge is 2.21. The Morgan fingerprint density at radius 2 is 1.69 bits per heavy atom. The SMILES string of the molecule is CC(C)C(C)SCC(=O)C(C)(C)C. The lowest BCUT2D eigenvalue weighted by Crippen LogP contribution is -2.23. The zero-order valence-corrected chi connectivity index (χ0v) is 10.5. The summed E-state index contributed by atoms with van der Waals surface area (Å²) in [5, 5.41) is 0.575. The molecule has 0 aliphatic carbocycles. The van der Waals surface area contributed by atoms with Crippen LogP contribution in [0.25, 0.3) is 0 Å². The molecule has 13 heavy (non-hydrogen) atoms. The Morgan fingerprint density at radius 3 is 2.00 bits per heavy atom. The van der Waals surface area contributed by atoms with Gasteiger partial charge in [0, 0.05) is 10.7 Å². The Kier molecular flexibility index (Phi) is 5.05. The third-order valence-electron chi connectivity index (χ3n) is 2.25. The van der Waals surface area contributed by atoms with Crippen LogP contribution < -0.4 is 0 Å². The monoisotopic (exact) mass is 202 g/mol. The molecule has 0 spiro atoms. The van der Waals surface area contributed by atoms with E-state index in [1.54, 1.807) is 11.8 Å². The quantitative estimate of drug-likeness (QED) is 0.695. The molecular weight excluding hydrogens is 180 g/mol. The number of thioether (sulfide) groups is 1. The number of ketones is 1. The molecule has 0 bridgehead atoms. The summed E-state index contributed by atoms with van der Waals surface area (Å²) in [5.41, 5.74) is -0.177. The number of hydrogen-bond acceptors (Lipinski definition) is 2. The average Bonchev–Trinajstić information content (AvgIpc) is 1.97. The van der Waals surface area contributed by atoms with Crippen LogP contribution >= 0.6 is 11.8 Å². The molecule has 0 N–H and O–H groups in total. The van der Waals surface area contributed by atoms with Crippen LogP contribution in [0.15, 0.2) is 0 Å². The second-order valence-corrected chi connectivity index (χ2v) is 6.30. The normalized spacial score (nSPS) is 14.7. The Bertz CT molecular complexity index is 167. The fraction of sp³-hybridized carbons (Fsp3) is 0.909. The number of carbonyl (C=O) groups excluding carboxylic acids is 1. The summed E-state index contributed by atoms with van der Waals surface area (Å²) >= 11 is 1.77. The van der Waals surface area contributed by atoms with Crippen LogP contribution in [0, 0.1) is 11.3 Å². The predicted molar refractivity (Wildman–Crippen MR) is 61.2 cm³/mol. The number of carbonyl (C=O) groups is 1.